The van der Waals surface area contributed by atoms with Crippen molar-refractivity contribution in [1.29, 1.82) is 0 Å². The summed E-state index contributed by atoms with van der Waals surface area (Å²) in [6.45, 7) is 10.7. The number of aromatic nitrogens is 2. The Labute approximate surface area is 234 Å². The molecule has 1 saturated carbocycles. The molecule has 1 spiro atoms. The number of hydrogen-bond donors (Lipinski definition) is 0. The van der Waals surface area contributed by atoms with Crippen LogP contribution in [0.4, 0.5) is 15.3 Å². The van der Waals surface area contributed by atoms with Crippen LogP contribution in [0, 0.1) is 3.70 Å². The minimum atomic E-state index is -0.932. The third-order valence-electron chi connectivity index (χ3n) is 6.68. The zero-order chi connectivity index (χ0) is 27.8. The standard InChI is InChI=1S/C28H30IN3O6/c1-26(2,3)37-24(34)31-20-11-9-16(36-7)13-18(20)28(23(31)33)14-19(28)15-8-10-17-21(12-15)32(30-22(17)29)25(35)38-27(4,5)6/h8-13,19H,14H2,1-7H3/t19?,28-/m0/s1. The Balaban J connectivity index is 1.57. The van der Waals surface area contributed by atoms with Gasteiger partial charge in [0.25, 0.3) is 0 Å². The number of anilines is 1. The highest BCUT2D eigenvalue weighted by Gasteiger charge is 2.68. The molecular formula is C28H30IN3O6. The summed E-state index contributed by atoms with van der Waals surface area (Å²) in [6.07, 6.45) is -0.769. The zero-order valence-electron chi connectivity index (χ0n) is 22.4. The van der Waals surface area contributed by atoms with Crippen molar-refractivity contribution < 1.29 is 28.6 Å². The molecule has 2 atom stereocenters. The third-order valence-corrected chi connectivity index (χ3v) is 7.47. The first-order valence-electron chi connectivity index (χ1n) is 12.3. The highest BCUT2D eigenvalue weighted by atomic mass is 127. The molecule has 0 saturated heterocycles. The number of ether oxygens (including phenoxy) is 3. The quantitative estimate of drug-likeness (QED) is 0.314. The van der Waals surface area contributed by atoms with Gasteiger partial charge in [-0.1, -0.05) is 6.07 Å². The second-order valence-corrected chi connectivity index (χ2v) is 12.7. The van der Waals surface area contributed by atoms with Crippen molar-refractivity contribution in [2.24, 2.45) is 0 Å². The molecule has 5 rings (SSSR count). The Bertz CT molecular complexity index is 1500. The van der Waals surface area contributed by atoms with Crippen molar-refractivity contribution in [1.82, 2.24) is 9.78 Å². The maximum Gasteiger partial charge on any atom is 0.435 e. The van der Waals surface area contributed by atoms with E-state index in [0.29, 0.717) is 27.1 Å². The van der Waals surface area contributed by atoms with Crippen LogP contribution in [0.25, 0.3) is 10.9 Å². The molecule has 1 fully saturated rings. The number of hydrogen-bond acceptors (Lipinski definition) is 7. The number of halogens is 1. The van der Waals surface area contributed by atoms with Crippen LogP contribution >= 0.6 is 22.6 Å². The summed E-state index contributed by atoms with van der Waals surface area (Å²) in [5.41, 5.74) is 0.331. The molecule has 2 aromatic carbocycles. The second kappa shape index (κ2) is 8.69. The number of benzene rings is 2. The maximum atomic E-state index is 13.9. The fourth-order valence-electron chi connectivity index (χ4n) is 5.06. The Morgan fingerprint density at radius 3 is 2.29 bits per heavy atom. The van der Waals surface area contributed by atoms with Gasteiger partial charge in [-0.15, -0.1) is 0 Å². The van der Waals surface area contributed by atoms with Crippen LogP contribution in [0.1, 0.15) is 65.0 Å². The molecule has 3 aromatic rings. The molecule has 1 unspecified atom stereocenters. The monoisotopic (exact) mass is 631 g/mol. The summed E-state index contributed by atoms with van der Waals surface area (Å²) in [7, 11) is 1.56. The van der Waals surface area contributed by atoms with E-state index in [0.717, 1.165) is 21.4 Å². The van der Waals surface area contributed by atoms with E-state index in [1.165, 1.54) is 4.68 Å². The molecule has 0 radical (unpaired) electrons. The summed E-state index contributed by atoms with van der Waals surface area (Å²) in [5, 5.41) is 5.21. The van der Waals surface area contributed by atoms with E-state index in [1.807, 2.05) is 24.3 Å². The fourth-order valence-corrected chi connectivity index (χ4v) is 5.73. The molecule has 10 heteroatoms. The fraction of sp³-hybridized carbons (Fsp3) is 0.429. The molecule has 1 aliphatic heterocycles. The van der Waals surface area contributed by atoms with Gasteiger partial charge in [-0.05, 0) is 112 Å². The molecule has 0 bridgehead atoms. The van der Waals surface area contributed by atoms with Gasteiger partial charge in [0.15, 0.2) is 0 Å². The van der Waals surface area contributed by atoms with E-state index in [-0.39, 0.29) is 11.8 Å². The molecule has 2 aliphatic rings. The number of carbonyl (C=O) groups excluding carboxylic acids is 3. The van der Waals surface area contributed by atoms with Crippen LogP contribution in [0.3, 0.4) is 0 Å². The maximum absolute atomic E-state index is 13.9. The van der Waals surface area contributed by atoms with E-state index in [1.54, 1.807) is 60.8 Å². The summed E-state index contributed by atoms with van der Waals surface area (Å²) in [6, 6.07) is 11.0. The Hall–Kier alpha value is -3.15. The number of nitrogens with zero attached hydrogens (tertiary/aromatic N) is 3. The Kier molecular flexibility index (Phi) is 6.05. The molecule has 2 amide bonds. The van der Waals surface area contributed by atoms with Crippen LogP contribution in [0.5, 0.6) is 5.75 Å². The van der Waals surface area contributed by atoms with Gasteiger partial charge in [-0.25, -0.2) is 14.5 Å². The predicted octanol–water partition coefficient (Wildman–Crippen LogP) is 6.14. The molecule has 1 aliphatic carbocycles. The molecule has 1 aromatic heterocycles. The second-order valence-electron chi connectivity index (χ2n) is 11.7. The molecule has 9 nitrogen and oxygen atoms in total. The molecule has 38 heavy (non-hydrogen) atoms. The summed E-state index contributed by atoms with van der Waals surface area (Å²) in [4.78, 5) is 41.1. The third kappa shape index (κ3) is 4.32. The highest BCUT2D eigenvalue weighted by molar-refractivity contribution is 14.1. The Morgan fingerprint density at radius 1 is 1.00 bits per heavy atom. The van der Waals surface area contributed by atoms with Gasteiger partial charge in [0.1, 0.15) is 20.7 Å². The van der Waals surface area contributed by atoms with E-state index in [9.17, 15) is 14.4 Å². The van der Waals surface area contributed by atoms with Crippen LogP contribution in [-0.4, -0.2) is 46.2 Å². The number of imide groups is 1. The number of rotatable bonds is 2. The molecule has 0 N–H and O–H groups in total. The van der Waals surface area contributed by atoms with E-state index >= 15 is 0 Å². The minimum Gasteiger partial charge on any atom is -0.497 e. The molecule has 200 valence electrons. The predicted molar refractivity (Wildman–Crippen MR) is 150 cm³/mol. The largest absolute Gasteiger partial charge is 0.497 e. The topological polar surface area (TPSA) is 100.0 Å². The number of amides is 2. The van der Waals surface area contributed by atoms with Crippen molar-refractivity contribution in [3.63, 3.8) is 0 Å². The smallest absolute Gasteiger partial charge is 0.435 e. The Morgan fingerprint density at radius 2 is 1.66 bits per heavy atom. The lowest BCUT2D eigenvalue weighted by molar-refractivity contribution is -0.120. The number of fused-ring (bicyclic) bond motifs is 3. The van der Waals surface area contributed by atoms with E-state index in [2.05, 4.69) is 27.7 Å². The van der Waals surface area contributed by atoms with Crippen LogP contribution < -0.4 is 9.64 Å². The lowest BCUT2D eigenvalue weighted by Gasteiger charge is -2.24. The average molecular weight is 631 g/mol. The van der Waals surface area contributed by atoms with Gasteiger partial charge >= 0.3 is 12.2 Å². The van der Waals surface area contributed by atoms with Crippen LogP contribution in [-0.2, 0) is 19.7 Å². The van der Waals surface area contributed by atoms with Crippen LogP contribution in [0.15, 0.2) is 36.4 Å². The first-order valence-corrected chi connectivity index (χ1v) is 13.4. The summed E-state index contributed by atoms with van der Waals surface area (Å²) in [5.74, 6) is 0.0632. The first-order chi connectivity index (χ1) is 17.7. The molecule has 2 heterocycles. The van der Waals surface area contributed by atoms with Gasteiger partial charge in [0, 0.05) is 11.3 Å². The van der Waals surface area contributed by atoms with Gasteiger partial charge in [-0.3, -0.25) is 4.79 Å². The molecular weight excluding hydrogens is 601 g/mol. The highest BCUT2D eigenvalue weighted by Crippen LogP contribution is 2.67. The van der Waals surface area contributed by atoms with Gasteiger partial charge in [0.05, 0.1) is 23.7 Å². The average Bonchev–Trinajstić information content (AvgIpc) is 3.41. The van der Waals surface area contributed by atoms with Crippen molar-refractivity contribution in [2.45, 2.75) is 70.5 Å². The van der Waals surface area contributed by atoms with Crippen LogP contribution in [0.2, 0.25) is 0 Å². The van der Waals surface area contributed by atoms with Gasteiger partial charge < -0.3 is 14.2 Å². The first kappa shape index (κ1) is 26.5. The van der Waals surface area contributed by atoms with Crippen molar-refractivity contribution in [3.8, 4) is 5.75 Å². The van der Waals surface area contributed by atoms with E-state index < -0.39 is 28.8 Å². The zero-order valence-corrected chi connectivity index (χ0v) is 24.6. The minimum absolute atomic E-state index is 0.211. The summed E-state index contributed by atoms with van der Waals surface area (Å²) >= 11 is 2.09. The SMILES string of the molecule is COc1ccc2c(c1)[C@]1(CC1c1ccc3c(I)nn(C(=O)OC(C)(C)C)c3c1)C(=O)N2C(=O)OC(C)(C)C. The van der Waals surface area contributed by atoms with Gasteiger partial charge in [0.2, 0.25) is 5.91 Å². The van der Waals surface area contributed by atoms with E-state index in [4.69, 9.17) is 14.2 Å². The normalized spacial score (nSPS) is 20.6. The van der Waals surface area contributed by atoms with Crippen molar-refractivity contribution in [3.05, 3.63) is 51.2 Å². The van der Waals surface area contributed by atoms with Crippen molar-refractivity contribution >= 4 is 57.3 Å². The van der Waals surface area contributed by atoms with Crippen molar-refractivity contribution in [2.75, 3.05) is 12.0 Å². The lowest BCUT2D eigenvalue weighted by Crippen LogP contribution is -2.41. The van der Waals surface area contributed by atoms with Gasteiger partial charge in [-0.2, -0.15) is 9.78 Å². The number of carbonyl (C=O) groups is 3. The number of methoxy groups -OCH3 is 1. The lowest BCUT2D eigenvalue weighted by atomic mass is 9.91. The summed E-state index contributed by atoms with van der Waals surface area (Å²) < 4.78 is 18.5.